The highest BCUT2D eigenvalue weighted by atomic mass is 16.6. The van der Waals surface area contributed by atoms with Crippen molar-refractivity contribution in [3.05, 3.63) is 155 Å². The molecule has 0 unspecified atom stereocenters. The number of carbonyl (C=O) groups excluding carboxylic acids is 3. The Morgan fingerprint density at radius 1 is 0.582 bits per heavy atom. The van der Waals surface area contributed by atoms with Crippen molar-refractivity contribution in [2.45, 2.75) is 69.6 Å². The predicted octanol–water partition coefficient (Wildman–Crippen LogP) is 8.57. The number of alkyl carbamates (subject to hydrolysis) is 1. The van der Waals surface area contributed by atoms with Crippen molar-refractivity contribution in [1.29, 1.82) is 0 Å². The van der Waals surface area contributed by atoms with Crippen LogP contribution in [-0.4, -0.2) is 55.5 Å². The first-order valence-corrected chi connectivity index (χ1v) is 19.1. The average molecular weight is 737 g/mol. The van der Waals surface area contributed by atoms with Crippen LogP contribution in [-0.2, 0) is 30.2 Å². The van der Waals surface area contributed by atoms with Crippen molar-refractivity contribution in [2.24, 2.45) is 0 Å². The van der Waals surface area contributed by atoms with Gasteiger partial charge in [-0.15, -0.1) is 0 Å². The lowest BCUT2D eigenvalue weighted by molar-refractivity contribution is -0.157. The van der Waals surface area contributed by atoms with E-state index in [0.29, 0.717) is 19.4 Å². The topological polar surface area (TPSA) is 103 Å². The minimum absolute atomic E-state index is 0.0488. The summed E-state index contributed by atoms with van der Waals surface area (Å²) in [6.07, 6.45) is 0.487. The van der Waals surface area contributed by atoms with Crippen molar-refractivity contribution < 1.29 is 28.6 Å². The lowest BCUT2D eigenvalue weighted by Gasteiger charge is -2.25. The highest BCUT2D eigenvalue weighted by molar-refractivity contribution is 5.83. The molecule has 8 nitrogen and oxygen atoms in total. The molecule has 5 aromatic rings. The van der Waals surface area contributed by atoms with Crippen LogP contribution in [0.1, 0.15) is 73.3 Å². The van der Waals surface area contributed by atoms with Crippen LogP contribution >= 0.6 is 0 Å². The summed E-state index contributed by atoms with van der Waals surface area (Å²) in [7, 11) is 0. The molecule has 2 aliphatic rings. The number of fused-ring (bicyclic) bond motifs is 6. The molecule has 0 saturated heterocycles. The lowest BCUT2D eigenvalue weighted by atomic mass is 9.98. The van der Waals surface area contributed by atoms with Gasteiger partial charge in [0, 0.05) is 11.8 Å². The van der Waals surface area contributed by atoms with Gasteiger partial charge in [-0.25, -0.2) is 9.59 Å². The van der Waals surface area contributed by atoms with Crippen LogP contribution in [0.5, 0.6) is 0 Å². The van der Waals surface area contributed by atoms with Gasteiger partial charge in [-0.2, -0.15) is 0 Å². The quantitative estimate of drug-likeness (QED) is 0.0669. The van der Waals surface area contributed by atoms with Gasteiger partial charge in [0.2, 0.25) is 0 Å². The summed E-state index contributed by atoms with van der Waals surface area (Å²) in [5.74, 6) is -1.04. The number of nitrogens with one attached hydrogen (secondary N) is 2. The van der Waals surface area contributed by atoms with Crippen LogP contribution in [0.3, 0.4) is 0 Å². The molecule has 55 heavy (non-hydrogen) atoms. The number of rotatable bonds is 14. The van der Waals surface area contributed by atoms with Gasteiger partial charge in [0.05, 0.1) is 0 Å². The molecular weight excluding hydrogens is 689 g/mol. The Morgan fingerprint density at radius 2 is 1.04 bits per heavy atom. The van der Waals surface area contributed by atoms with Gasteiger partial charge < -0.3 is 24.8 Å². The molecule has 282 valence electrons. The summed E-state index contributed by atoms with van der Waals surface area (Å²) in [4.78, 5) is 40.4. The maximum absolute atomic E-state index is 13.8. The van der Waals surface area contributed by atoms with Gasteiger partial charge in [0.25, 0.3) is 0 Å². The van der Waals surface area contributed by atoms with Gasteiger partial charge in [0.15, 0.2) is 0 Å². The summed E-state index contributed by atoms with van der Waals surface area (Å²) in [6.45, 7) is 6.12. The van der Waals surface area contributed by atoms with E-state index in [4.69, 9.17) is 14.2 Å². The third kappa shape index (κ3) is 8.82. The standard InChI is InChI=1S/C47H48N2O6/c1-47(2,3)55-45(51)42(49-46(52)54-30-41-38-24-13-9-20-34(38)35-21-10-14-25-39(35)41)26-15-27-48-43(28-31-16-5-4-6-17-31)44(50)53-29-40-36-22-11-7-18-32(36)33-19-8-12-23-37(33)40/h4-14,16-25,40-43,48H,15,26-30H2,1-3H3,(H,49,52)/t42-,43-/m0/s1. The summed E-state index contributed by atoms with van der Waals surface area (Å²) in [5, 5.41) is 6.16. The number of hydrogen-bond donors (Lipinski definition) is 2. The number of carbonyl (C=O) groups is 3. The molecule has 8 heteroatoms. The number of hydrogen-bond acceptors (Lipinski definition) is 7. The van der Waals surface area contributed by atoms with E-state index >= 15 is 0 Å². The van der Waals surface area contributed by atoms with Crippen LogP contribution in [0, 0.1) is 0 Å². The molecule has 0 bridgehead atoms. The molecule has 0 saturated carbocycles. The summed E-state index contributed by atoms with van der Waals surface area (Å²) < 4.78 is 17.5. The molecule has 0 aliphatic heterocycles. The zero-order valence-electron chi connectivity index (χ0n) is 31.6. The normalized spacial score (nSPS) is 14.2. The number of amides is 1. The highest BCUT2D eigenvalue weighted by Crippen LogP contribution is 2.45. The third-order valence-electron chi connectivity index (χ3n) is 10.3. The van der Waals surface area contributed by atoms with E-state index < -0.39 is 29.7 Å². The molecule has 0 fully saturated rings. The predicted molar refractivity (Wildman–Crippen MR) is 214 cm³/mol. The zero-order valence-corrected chi connectivity index (χ0v) is 31.6. The van der Waals surface area contributed by atoms with Gasteiger partial charge in [-0.05, 0) is 96.6 Å². The minimum atomic E-state index is -0.946. The fourth-order valence-electron chi connectivity index (χ4n) is 7.78. The lowest BCUT2D eigenvalue weighted by Crippen LogP contribution is -2.45. The molecular formula is C47H48N2O6. The summed E-state index contributed by atoms with van der Waals surface area (Å²) in [5.41, 5.74) is 9.37. The van der Waals surface area contributed by atoms with Gasteiger partial charge >= 0.3 is 18.0 Å². The van der Waals surface area contributed by atoms with Crippen molar-refractivity contribution in [3.63, 3.8) is 0 Å². The minimum Gasteiger partial charge on any atom is -0.464 e. The van der Waals surface area contributed by atoms with Gasteiger partial charge in [-0.1, -0.05) is 127 Å². The second-order valence-electron chi connectivity index (χ2n) is 15.3. The molecule has 2 atom stereocenters. The van der Waals surface area contributed by atoms with Crippen LogP contribution in [0.15, 0.2) is 127 Å². The molecule has 5 aromatic carbocycles. The first-order valence-electron chi connectivity index (χ1n) is 19.1. The fraction of sp³-hybridized carbons (Fsp3) is 0.298. The largest absolute Gasteiger partial charge is 0.464 e. The Kier molecular flexibility index (Phi) is 11.4. The van der Waals surface area contributed by atoms with Crippen molar-refractivity contribution in [1.82, 2.24) is 10.6 Å². The number of ether oxygens (including phenoxy) is 3. The molecule has 0 radical (unpaired) electrons. The molecule has 7 rings (SSSR count). The Bertz CT molecular complexity index is 2050. The smallest absolute Gasteiger partial charge is 0.407 e. The van der Waals surface area contributed by atoms with Crippen molar-refractivity contribution in [3.8, 4) is 22.3 Å². The number of esters is 2. The Balaban J connectivity index is 0.979. The first kappa shape index (κ1) is 37.6. The Morgan fingerprint density at radius 3 is 1.53 bits per heavy atom. The molecule has 0 aromatic heterocycles. The van der Waals surface area contributed by atoms with E-state index in [2.05, 4.69) is 59.2 Å². The third-order valence-corrected chi connectivity index (χ3v) is 10.3. The van der Waals surface area contributed by atoms with E-state index in [0.717, 1.165) is 38.9 Å². The highest BCUT2D eigenvalue weighted by Gasteiger charge is 2.33. The molecule has 2 aliphatic carbocycles. The number of benzene rings is 5. The van der Waals surface area contributed by atoms with Crippen LogP contribution in [0.25, 0.3) is 22.3 Å². The molecule has 0 heterocycles. The van der Waals surface area contributed by atoms with E-state index in [9.17, 15) is 14.4 Å². The van der Waals surface area contributed by atoms with Gasteiger partial charge in [-0.3, -0.25) is 4.79 Å². The fourth-order valence-corrected chi connectivity index (χ4v) is 7.78. The average Bonchev–Trinajstić information content (AvgIpc) is 3.68. The van der Waals surface area contributed by atoms with E-state index in [1.54, 1.807) is 20.8 Å². The first-order chi connectivity index (χ1) is 26.7. The van der Waals surface area contributed by atoms with Crippen LogP contribution < -0.4 is 10.6 Å². The van der Waals surface area contributed by atoms with E-state index in [-0.39, 0.29) is 37.4 Å². The SMILES string of the molecule is CC(C)(C)OC(=O)[C@H](CCCN[C@@H](Cc1ccccc1)C(=O)OCC1c2ccccc2-c2ccccc21)NC(=O)OCC1c2ccccc2-c2ccccc21. The van der Waals surface area contributed by atoms with E-state index in [1.807, 2.05) is 78.9 Å². The monoisotopic (exact) mass is 736 g/mol. The Labute approximate surface area is 323 Å². The molecule has 1 amide bonds. The Hall–Kier alpha value is -5.73. The second kappa shape index (κ2) is 16.7. The maximum atomic E-state index is 13.8. The van der Waals surface area contributed by atoms with Crippen LogP contribution in [0.2, 0.25) is 0 Å². The second-order valence-corrected chi connectivity index (χ2v) is 15.3. The van der Waals surface area contributed by atoms with E-state index in [1.165, 1.54) is 11.1 Å². The van der Waals surface area contributed by atoms with Gasteiger partial charge in [0.1, 0.15) is 30.9 Å². The molecule has 2 N–H and O–H groups in total. The van der Waals surface area contributed by atoms with Crippen molar-refractivity contribution in [2.75, 3.05) is 19.8 Å². The van der Waals surface area contributed by atoms with Crippen LogP contribution in [0.4, 0.5) is 4.79 Å². The summed E-state index contributed by atoms with van der Waals surface area (Å²) in [6, 6.07) is 41.1. The summed E-state index contributed by atoms with van der Waals surface area (Å²) >= 11 is 0. The van der Waals surface area contributed by atoms with Crippen molar-refractivity contribution >= 4 is 18.0 Å². The zero-order chi connectivity index (χ0) is 38.4. The molecule has 0 spiro atoms. The maximum Gasteiger partial charge on any atom is 0.407 e.